The first-order chi connectivity index (χ1) is 6.71. The third-order valence-corrected chi connectivity index (χ3v) is 1.75. The molecule has 3 N–H and O–H groups in total. The Morgan fingerprint density at radius 2 is 1.79 bits per heavy atom. The number of hydrogen-bond donors (Lipinski definition) is 3. The van der Waals surface area contributed by atoms with Gasteiger partial charge in [0.2, 0.25) is 0 Å². The van der Waals surface area contributed by atoms with Gasteiger partial charge in [0, 0.05) is 5.57 Å². The van der Waals surface area contributed by atoms with Gasteiger partial charge in [-0.1, -0.05) is 13.3 Å². The van der Waals surface area contributed by atoms with Gasteiger partial charge in [-0.3, -0.25) is 0 Å². The van der Waals surface area contributed by atoms with E-state index in [4.69, 9.17) is 15.3 Å². The molecule has 0 heterocycles. The molecule has 0 saturated heterocycles. The second-order valence-electron chi connectivity index (χ2n) is 2.71. The van der Waals surface area contributed by atoms with Gasteiger partial charge in [-0.15, -0.1) is 0 Å². The monoisotopic (exact) mass is 204 g/mol. The highest BCUT2D eigenvalue weighted by Crippen LogP contribution is 2.12. The second-order valence-corrected chi connectivity index (χ2v) is 2.71. The van der Waals surface area contributed by atoms with Gasteiger partial charge in [0.05, 0.1) is 13.2 Å². The van der Waals surface area contributed by atoms with Crippen LogP contribution >= 0.6 is 0 Å². The summed E-state index contributed by atoms with van der Waals surface area (Å²) in [6.45, 7) is 0.396. The van der Waals surface area contributed by atoms with Crippen molar-refractivity contribution in [3.63, 3.8) is 0 Å². The van der Waals surface area contributed by atoms with E-state index in [1.165, 1.54) is 0 Å². The maximum absolute atomic E-state index is 11.2. The highest BCUT2D eigenvalue weighted by molar-refractivity contribution is 5.89. The van der Waals surface area contributed by atoms with E-state index in [0.717, 1.165) is 0 Å². The molecule has 14 heavy (non-hydrogen) atoms. The SMILES string of the molecule is CCCC(C(=O)OCO)=C(CO)CO. The number of carbonyl (C=O) groups is 1. The molecule has 0 unspecified atom stereocenters. The maximum Gasteiger partial charge on any atom is 0.336 e. The van der Waals surface area contributed by atoms with Gasteiger partial charge in [0.25, 0.3) is 0 Å². The molecule has 0 aromatic rings. The zero-order chi connectivity index (χ0) is 11.0. The molecular formula is C9H16O5. The van der Waals surface area contributed by atoms with Crippen molar-refractivity contribution in [3.8, 4) is 0 Å². The van der Waals surface area contributed by atoms with Crippen LogP contribution in [0.2, 0.25) is 0 Å². The smallest absolute Gasteiger partial charge is 0.336 e. The average Bonchev–Trinajstić information content (AvgIpc) is 2.18. The average molecular weight is 204 g/mol. The van der Waals surface area contributed by atoms with Crippen molar-refractivity contribution in [2.75, 3.05) is 20.0 Å². The van der Waals surface area contributed by atoms with Crippen molar-refractivity contribution in [1.29, 1.82) is 0 Å². The third-order valence-electron chi connectivity index (χ3n) is 1.75. The van der Waals surface area contributed by atoms with Gasteiger partial charge in [-0.25, -0.2) is 4.79 Å². The van der Waals surface area contributed by atoms with Crippen molar-refractivity contribution < 1.29 is 24.9 Å². The summed E-state index contributed by atoms with van der Waals surface area (Å²) in [6, 6.07) is 0. The fourth-order valence-corrected chi connectivity index (χ4v) is 1.06. The van der Waals surface area contributed by atoms with Gasteiger partial charge in [-0.05, 0) is 12.0 Å². The van der Waals surface area contributed by atoms with Crippen LogP contribution in [0.3, 0.4) is 0 Å². The molecule has 0 aliphatic carbocycles. The topological polar surface area (TPSA) is 87.0 Å². The van der Waals surface area contributed by atoms with E-state index in [1.54, 1.807) is 0 Å². The van der Waals surface area contributed by atoms with Crippen LogP contribution in [0.1, 0.15) is 19.8 Å². The number of rotatable bonds is 6. The molecule has 0 amide bonds. The molecule has 0 saturated carbocycles. The highest BCUT2D eigenvalue weighted by atomic mass is 16.6. The minimum atomic E-state index is -0.698. The summed E-state index contributed by atoms with van der Waals surface area (Å²) in [4.78, 5) is 11.2. The maximum atomic E-state index is 11.2. The Hall–Kier alpha value is -0.910. The number of hydrogen-bond acceptors (Lipinski definition) is 5. The molecule has 0 aromatic heterocycles. The Bertz CT molecular complexity index is 203. The highest BCUT2D eigenvalue weighted by Gasteiger charge is 2.14. The second kappa shape index (κ2) is 7.49. The van der Waals surface area contributed by atoms with Crippen molar-refractivity contribution in [2.45, 2.75) is 19.8 Å². The van der Waals surface area contributed by atoms with Crippen LogP contribution in [0.4, 0.5) is 0 Å². The molecule has 0 spiro atoms. The van der Waals surface area contributed by atoms with E-state index in [1.807, 2.05) is 6.92 Å². The fourth-order valence-electron chi connectivity index (χ4n) is 1.06. The summed E-state index contributed by atoms with van der Waals surface area (Å²) in [5.41, 5.74) is 0.483. The molecule has 5 nitrogen and oxygen atoms in total. The zero-order valence-corrected chi connectivity index (χ0v) is 8.19. The molecule has 0 radical (unpaired) electrons. The molecular weight excluding hydrogens is 188 g/mol. The van der Waals surface area contributed by atoms with Crippen LogP contribution in [-0.4, -0.2) is 41.3 Å². The van der Waals surface area contributed by atoms with E-state index in [0.29, 0.717) is 12.8 Å². The predicted molar refractivity (Wildman–Crippen MR) is 49.3 cm³/mol. The summed E-state index contributed by atoms with van der Waals surface area (Å²) in [7, 11) is 0. The van der Waals surface area contributed by atoms with Crippen molar-refractivity contribution in [3.05, 3.63) is 11.1 Å². The van der Waals surface area contributed by atoms with Crippen LogP contribution in [-0.2, 0) is 9.53 Å². The zero-order valence-electron chi connectivity index (χ0n) is 8.19. The lowest BCUT2D eigenvalue weighted by atomic mass is 10.0. The lowest BCUT2D eigenvalue weighted by Crippen LogP contribution is -2.14. The number of ether oxygens (including phenoxy) is 1. The van der Waals surface area contributed by atoms with Gasteiger partial charge >= 0.3 is 5.97 Å². The van der Waals surface area contributed by atoms with E-state index in [-0.39, 0.29) is 24.4 Å². The van der Waals surface area contributed by atoms with Crippen LogP contribution < -0.4 is 0 Å². The standard InChI is InChI=1S/C9H16O5/c1-2-3-8(7(4-10)5-11)9(13)14-6-12/h10-12H,2-6H2,1H3. The van der Waals surface area contributed by atoms with Crippen molar-refractivity contribution in [1.82, 2.24) is 0 Å². The summed E-state index contributed by atoms with van der Waals surface area (Å²) in [6.07, 6.45) is 1.11. The first-order valence-electron chi connectivity index (χ1n) is 4.41. The van der Waals surface area contributed by atoms with Gasteiger partial charge in [0.1, 0.15) is 0 Å². The largest absolute Gasteiger partial charge is 0.435 e. The van der Waals surface area contributed by atoms with Gasteiger partial charge in [0.15, 0.2) is 6.79 Å². The Kier molecular flexibility index (Phi) is 7.00. The third kappa shape index (κ3) is 3.87. The molecule has 0 bridgehead atoms. The van der Waals surface area contributed by atoms with Gasteiger partial charge < -0.3 is 20.1 Å². The molecule has 0 fully saturated rings. The fraction of sp³-hybridized carbons (Fsp3) is 0.667. The number of aliphatic hydroxyl groups excluding tert-OH is 3. The number of aliphatic hydroxyl groups is 3. The molecule has 0 aromatic carbocycles. The molecule has 0 aliphatic rings. The van der Waals surface area contributed by atoms with Crippen LogP contribution in [0, 0.1) is 0 Å². The molecule has 0 atom stereocenters. The predicted octanol–water partition coefficient (Wildman–Crippen LogP) is -0.439. The summed E-state index contributed by atoms with van der Waals surface area (Å²) in [5, 5.41) is 26.1. The first-order valence-corrected chi connectivity index (χ1v) is 4.41. The number of carbonyl (C=O) groups excluding carboxylic acids is 1. The minimum Gasteiger partial charge on any atom is -0.435 e. The molecule has 82 valence electrons. The Morgan fingerprint density at radius 3 is 2.14 bits per heavy atom. The molecule has 0 aliphatic heterocycles. The van der Waals surface area contributed by atoms with Crippen LogP contribution in [0.15, 0.2) is 11.1 Å². The summed E-state index contributed by atoms with van der Waals surface area (Å²) >= 11 is 0. The van der Waals surface area contributed by atoms with Crippen LogP contribution in [0.5, 0.6) is 0 Å². The van der Waals surface area contributed by atoms with E-state index in [2.05, 4.69) is 4.74 Å². The lowest BCUT2D eigenvalue weighted by molar-refractivity contribution is -0.147. The summed E-state index contributed by atoms with van der Waals surface area (Å²) in [5.74, 6) is -0.688. The lowest BCUT2D eigenvalue weighted by Gasteiger charge is -2.09. The first kappa shape index (κ1) is 13.1. The number of esters is 1. The van der Waals surface area contributed by atoms with Crippen molar-refractivity contribution >= 4 is 5.97 Å². The minimum absolute atomic E-state index is 0.241. The van der Waals surface area contributed by atoms with E-state index in [9.17, 15) is 4.79 Å². The van der Waals surface area contributed by atoms with E-state index < -0.39 is 12.8 Å². The quantitative estimate of drug-likeness (QED) is 0.310. The van der Waals surface area contributed by atoms with Gasteiger partial charge in [-0.2, -0.15) is 0 Å². The Labute approximate surface area is 82.6 Å². The summed E-state index contributed by atoms with van der Waals surface area (Å²) < 4.78 is 4.38. The van der Waals surface area contributed by atoms with E-state index >= 15 is 0 Å². The van der Waals surface area contributed by atoms with Crippen LogP contribution in [0.25, 0.3) is 0 Å². The normalized spacial score (nSPS) is 9.71. The Morgan fingerprint density at radius 1 is 1.21 bits per heavy atom. The molecule has 0 rings (SSSR count). The van der Waals surface area contributed by atoms with Crippen molar-refractivity contribution in [2.24, 2.45) is 0 Å². The molecule has 5 heteroatoms. The Balaban J connectivity index is 4.70.